The number of unbranched alkanes of at least 4 members (excludes halogenated alkanes) is 9. The van der Waals surface area contributed by atoms with Crippen LogP contribution >= 0.6 is 7.82 Å². The minimum Gasteiger partial charge on any atom is -0.862 e. The second kappa shape index (κ2) is 22.1. The van der Waals surface area contributed by atoms with Gasteiger partial charge in [0, 0.05) is 0 Å². The minimum absolute atomic E-state index is 0. The molecule has 0 amide bonds. The summed E-state index contributed by atoms with van der Waals surface area (Å²) in [6.45, 7) is 1.89. The minimum atomic E-state index is -4.95. The quantitative estimate of drug-likeness (QED) is 0.0842. The molecule has 1 rings (SSSR count). The number of hydrogen-bond donors (Lipinski definition) is 1. The Kier molecular flexibility index (Phi) is 24.0. The summed E-state index contributed by atoms with van der Waals surface area (Å²) in [6.07, 6.45) is 11.1. The van der Waals surface area contributed by atoms with Crippen molar-refractivity contribution in [2.75, 3.05) is 13.2 Å². The summed E-state index contributed by atoms with van der Waals surface area (Å²) < 4.78 is 21.1. The monoisotopic (exact) mass is 487 g/mol. The maximum absolute atomic E-state index is 12.0. The van der Waals surface area contributed by atoms with Crippen molar-refractivity contribution >= 4 is 13.7 Å². The number of hydrogen-bond acceptors (Lipinski definition) is 6. The number of para-hydroxylation sites is 1. The summed E-state index contributed by atoms with van der Waals surface area (Å²) in [4.78, 5) is 23.9. The van der Waals surface area contributed by atoms with Gasteiger partial charge >= 0.3 is 59.1 Å². The van der Waals surface area contributed by atoms with Crippen LogP contribution in [0.25, 0.3) is 0 Å². The van der Waals surface area contributed by atoms with Crippen LogP contribution in [0.2, 0.25) is 0 Å². The van der Waals surface area contributed by atoms with Crippen LogP contribution in [0, 0.1) is 0 Å². The first-order valence-electron chi connectivity index (χ1n) is 11.0. The van der Waals surface area contributed by atoms with Gasteiger partial charge in [-0.2, -0.15) is 0 Å². The van der Waals surface area contributed by atoms with E-state index in [2.05, 4.69) is 16.4 Å². The number of benzene rings is 1. The summed E-state index contributed by atoms with van der Waals surface area (Å²) in [6, 6.07) is 8.79. The molecule has 0 saturated carbocycles. The summed E-state index contributed by atoms with van der Waals surface area (Å²) in [5, 5.41) is 12.0. The smallest absolute Gasteiger partial charge is 0.862 e. The molecule has 0 heterocycles. The Morgan fingerprint density at radius 2 is 1.53 bits per heavy atom. The third-order valence-electron chi connectivity index (χ3n) is 4.68. The van der Waals surface area contributed by atoms with Gasteiger partial charge in [0.2, 0.25) is 0 Å². The second-order valence-corrected chi connectivity index (χ2v) is 8.63. The normalized spacial score (nSPS) is 14.0. The van der Waals surface area contributed by atoms with Gasteiger partial charge in [0.1, 0.15) is 18.5 Å². The maximum atomic E-state index is 12.0. The fourth-order valence-corrected chi connectivity index (χ4v) is 3.56. The van der Waals surface area contributed by atoms with Crippen molar-refractivity contribution in [1.82, 2.24) is 0 Å². The number of rotatable bonds is 18. The molecule has 2 atom stereocenters. The van der Waals surface area contributed by atoms with Gasteiger partial charge in [-0.15, -0.1) is 0 Å². The van der Waals surface area contributed by atoms with E-state index in [9.17, 15) is 14.6 Å². The Bertz CT molecular complexity index is 630. The van der Waals surface area contributed by atoms with Crippen molar-refractivity contribution in [3.63, 3.8) is 0 Å². The fraction of sp³-hybridized carbons (Fsp3) is 0.682. The Labute approximate surface area is 237 Å². The Morgan fingerprint density at radius 3 is 2.06 bits per heavy atom. The molecule has 0 aliphatic carbocycles. The van der Waals surface area contributed by atoms with Crippen molar-refractivity contribution in [2.45, 2.75) is 83.7 Å². The van der Waals surface area contributed by atoms with E-state index in [0.29, 0.717) is 12.2 Å². The van der Waals surface area contributed by atoms with E-state index < -0.39 is 13.9 Å². The predicted molar refractivity (Wildman–Crippen MR) is 115 cm³/mol. The SMILES string of the molecule is CCCCCCCCCCCCC([O-])=NC[C@H](COc1ccccc1)OP(=O)([O-])O.[Na+].[Na+]. The third-order valence-corrected chi connectivity index (χ3v) is 5.24. The number of aliphatic imine (C=N–C) groups is 1. The molecule has 1 N–H and O–H groups in total. The van der Waals surface area contributed by atoms with Gasteiger partial charge in [-0.3, -0.25) is 4.57 Å². The van der Waals surface area contributed by atoms with Crippen LogP contribution in [0.15, 0.2) is 35.3 Å². The van der Waals surface area contributed by atoms with E-state index in [4.69, 9.17) is 9.63 Å². The van der Waals surface area contributed by atoms with Gasteiger partial charge in [0.25, 0.3) is 7.82 Å². The average Bonchev–Trinajstić information content (AvgIpc) is 2.71. The second-order valence-electron chi connectivity index (χ2n) is 7.49. The average molecular weight is 487 g/mol. The summed E-state index contributed by atoms with van der Waals surface area (Å²) in [5.74, 6) is 0.239. The van der Waals surface area contributed by atoms with E-state index >= 15 is 0 Å². The predicted octanol–water partition coefficient (Wildman–Crippen LogP) is -2.01. The molecule has 0 bridgehead atoms. The van der Waals surface area contributed by atoms with Crippen molar-refractivity contribution in [3.05, 3.63) is 30.3 Å². The molecule has 0 aliphatic heterocycles. The van der Waals surface area contributed by atoms with Crippen molar-refractivity contribution in [3.8, 4) is 5.75 Å². The Morgan fingerprint density at radius 1 is 1.00 bits per heavy atom. The molecular formula is C22H36NNa2O6P. The number of phosphoric acid groups is 1. The Balaban J connectivity index is 0. The summed E-state index contributed by atoms with van der Waals surface area (Å²) in [5.41, 5.74) is 0. The third kappa shape index (κ3) is 21.2. The molecule has 0 saturated heterocycles. The molecule has 0 aliphatic rings. The van der Waals surface area contributed by atoms with Crippen molar-refractivity contribution < 1.29 is 87.8 Å². The van der Waals surface area contributed by atoms with Gasteiger partial charge in [-0.25, -0.2) is 0 Å². The van der Waals surface area contributed by atoms with Crippen molar-refractivity contribution in [1.29, 1.82) is 0 Å². The Hall–Kier alpha value is 0.600. The molecule has 0 spiro atoms. The van der Waals surface area contributed by atoms with Gasteiger partial charge in [-0.1, -0.05) is 82.9 Å². The molecule has 32 heavy (non-hydrogen) atoms. The zero-order valence-corrected chi connectivity index (χ0v) is 24.9. The topological polar surface area (TPSA) is 114 Å². The van der Waals surface area contributed by atoms with E-state index in [1.807, 2.05) is 6.07 Å². The van der Waals surface area contributed by atoms with E-state index in [0.717, 1.165) is 19.3 Å². The van der Waals surface area contributed by atoms with E-state index in [1.165, 1.54) is 44.9 Å². The number of ether oxygens (including phenoxy) is 1. The number of nitrogens with zero attached hydrogens (tertiary/aromatic N) is 1. The van der Waals surface area contributed by atoms with E-state index in [1.54, 1.807) is 24.3 Å². The molecule has 1 unspecified atom stereocenters. The fourth-order valence-electron chi connectivity index (χ4n) is 3.06. The van der Waals surface area contributed by atoms with Crippen LogP contribution in [0.3, 0.4) is 0 Å². The van der Waals surface area contributed by atoms with Crippen LogP contribution in [0.1, 0.15) is 77.6 Å². The van der Waals surface area contributed by atoms with E-state index in [-0.39, 0.29) is 78.2 Å². The van der Waals surface area contributed by atoms with Crippen LogP contribution < -0.4 is 73.9 Å². The van der Waals surface area contributed by atoms with Crippen LogP contribution in [-0.2, 0) is 9.09 Å². The van der Waals surface area contributed by atoms with Crippen molar-refractivity contribution in [2.24, 2.45) is 4.99 Å². The molecule has 7 nitrogen and oxygen atoms in total. The summed E-state index contributed by atoms with van der Waals surface area (Å²) >= 11 is 0. The number of phosphoric ester groups is 1. The van der Waals surface area contributed by atoms with Gasteiger partial charge < -0.3 is 29.1 Å². The molecule has 1 aromatic carbocycles. The first-order valence-corrected chi connectivity index (χ1v) is 12.5. The largest absolute Gasteiger partial charge is 1.00 e. The maximum Gasteiger partial charge on any atom is 1.00 e. The molecule has 0 radical (unpaired) electrons. The molecule has 1 aromatic rings. The van der Waals surface area contributed by atoms with Crippen LogP contribution in [0.4, 0.5) is 0 Å². The van der Waals surface area contributed by atoms with Gasteiger partial charge in [-0.05, 0) is 30.9 Å². The zero-order chi connectivity index (χ0) is 22.1. The first-order chi connectivity index (χ1) is 14.4. The van der Waals surface area contributed by atoms with Crippen LogP contribution in [0.5, 0.6) is 5.75 Å². The molecular weight excluding hydrogens is 451 g/mol. The van der Waals surface area contributed by atoms with Gasteiger partial charge in [0.15, 0.2) is 0 Å². The van der Waals surface area contributed by atoms with Crippen LogP contribution in [-0.4, -0.2) is 30.0 Å². The molecule has 0 fully saturated rings. The summed E-state index contributed by atoms with van der Waals surface area (Å²) in [7, 11) is -4.95. The van der Waals surface area contributed by atoms with Gasteiger partial charge in [0.05, 0.1) is 6.54 Å². The standard InChI is InChI=1S/C22H38NO6P.2Na/c1-2-3-4-5-6-7-8-9-10-14-17-22(24)23-18-21(29-30(25,26)27)19-28-20-15-12-11-13-16-20;;/h11-13,15-16,21H,2-10,14,17-19H2,1H3,(H,23,24)(H2,25,26,27);;/q;2*+1/p-2/t21-;;/m1../s1. The molecule has 172 valence electrons. The first kappa shape index (κ1) is 34.8. The zero-order valence-electron chi connectivity index (χ0n) is 20.0. The molecule has 0 aromatic heterocycles. The molecule has 10 heteroatoms.